The number of ether oxygens (including phenoxy) is 1. The Bertz CT molecular complexity index is 255. The molecule has 0 heterocycles. The van der Waals surface area contributed by atoms with Crippen LogP contribution in [0, 0.1) is 11.3 Å². The van der Waals surface area contributed by atoms with Crippen molar-refractivity contribution in [2.24, 2.45) is 0 Å². The molecule has 2 heteroatoms. The molecule has 0 N–H and O–H groups in total. The lowest BCUT2D eigenvalue weighted by atomic mass is 10.1. The number of hydrogen-bond donors (Lipinski definition) is 0. The second kappa shape index (κ2) is 19.2. The molecule has 0 amide bonds. The Hall–Kier alpha value is -0.810. The zero-order valence-corrected chi connectivity index (χ0v) is 14.1. The summed E-state index contributed by atoms with van der Waals surface area (Å²) in [5.41, 5.74) is 0. The summed E-state index contributed by atoms with van der Waals surface area (Å²) in [6.07, 6.45) is 21.0. The van der Waals surface area contributed by atoms with Crippen LogP contribution in [0.25, 0.3) is 0 Å². The minimum absolute atomic E-state index is 0.515. The van der Waals surface area contributed by atoms with E-state index in [4.69, 9.17) is 10.00 Å². The summed E-state index contributed by atoms with van der Waals surface area (Å²) in [6, 6.07) is 2.09. The summed E-state index contributed by atoms with van der Waals surface area (Å²) in [7, 11) is 0. The van der Waals surface area contributed by atoms with Crippen LogP contribution in [-0.4, -0.2) is 13.2 Å². The van der Waals surface area contributed by atoms with Crippen LogP contribution in [0.3, 0.4) is 0 Å². The van der Waals surface area contributed by atoms with Gasteiger partial charge in [-0.1, -0.05) is 64.0 Å². The number of rotatable bonds is 16. The van der Waals surface area contributed by atoms with Gasteiger partial charge in [0.05, 0.1) is 19.1 Å². The Labute approximate surface area is 132 Å². The maximum atomic E-state index is 8.35. The van der Waals surface area contributed by atoms with Gasteiger partial charge >= 0.3 is 0 Å². The normalized spacial score (nSPS) is 11.0. The minimum Gasteiger partial charge on any atom is -0.380 e. The quantitative estimate of drug-likeness (QED) is 0.252. The Kier molecular flexibility index (Phi) is 18.4. The van der Waals surface area contributed by atoms with Crippen LogP contribution in [0.5, 0.6) is 0 Å². The zero-order valence-electron chi connectivity index (χ0n) is 14.1. The van der Waals surface area contributed by atoms with Gasteiger partial charge in [-0.25, -0.2) is 0 Å². The fraction of sp³-hybridized carbons (Fsp3) is 0.842. The molecule has 0 unspecified atom stereocenters. The van der Waals surface area contributed by atoms with Crippen LogP contribution in [0.15, 0.2) is 12.2 Å². The first-order valence-corrected chi connectivity index (χ1v) is 9.01. The first-order valence-electron chi connectivity index (χ1n) is 9.01. The monoisotopic (exact) mass is 293 g/mol. The number of nitrogens with zero attached hydrogens (tertiary/aromatic N) is 1. The molecule has 122 valence electrons. The van der Waals surface area contributed by atoms with Crippen molar-refractivity contribution in [2.45, 2.75) is 90.4 Å². The van der Waals surface area contributed by atoms with Gasteiger partial charge < -0.3 is 4.74 Å². The molecule has 0 saturated carbocycles. The molecule has 0 aromatic heterocycles. The van der Waals surface area contributed by atoms with Crippen LogP contribution >= 0.6 is 0 Å². The Balaban J connectivity index is 3.04. The molecule has 0 atom stereocenters. The summed E-state index contributed by atoms with van der Waals surface area (Å²) >= 11 is 0. The van der Waals surface area contributed by atoms with Gasteiger partial charge in [-0.15, -0.1) is 0 Å². The van der Waals surface area contributed by atoms with Crippen molar-refractivity contribution in [1.29, 1.82) is 5.26 Å². The topological polar surface area (TPSA) is 33.0 Å². The highest BCUT2D eigenvalue weighted by Gasteiger charge is 1.91. The summed E-state index contributed by atoms with van der Waals surface area (Å²) in [5.74, 6) is 0. The van der Waals surface area contributed by atoms with Gasteiger partial charge in [0.15, 0.2) is 0 Å². The highest BCUT2D eigenvalue weighted by Crippen LogP contribution is 2.09. The van der Waals surface area contributed by atoms with Crippen molar-refractivity contribution >= 4 is 0 Å². The third-order valence-corrected chi connectivity index (χ3v) is 3.66. The number of hydrogen-bond acceptors (Lipinski definition) is 2. The lowest BCUT2D eigenvalue weighted by Gasteiger charge is -2.00. The zero-order chi connectivity index (χ0) is 15.4. The highest BCUT2D eigenvalue weighted by atomic mass is 16.5. The van der Waals surface area contributed by atoms with Crippen LogP contribution in [0.1, 0.15) is 90.4 Å². The number of unbranched alkanes of at least 4 members (excludes halogenated alkanes) is 10. The second-order valence-corrected chi connectivity index (χ2v) is 5.75. The summed E-state index contributed by atoms with van der Waals surface area (Å²) in [6.45, 7) is 3.67. The maximum Gasteiger partial charge on any atom is 0.0645 e. The third kappa shape index (κ3) is 19.2. The van der Waals surface area contributed by atoms with E-state index >= 15 is 0 Å². The van der Waals surface area contributed by atoms with E-state index < -0.39 is 0 Å². The van der Waals surface area contributed by atoms with E-state index in [9.17, 15) is 0 Å². The number of nitriles is 1. The fourth-order valence-electron chi connectivity index (χ4n) is 2.32. The van der Waals surface area contributed by atoms with E-state index in [1.165, 1.54) is 70.6 Å². The van der Waals surface area contributed by atoms with Crippen molar-refractivity contribution in [3.63, 3.8) is 0 Å². The lowest BCUT2D eigenvalue weighted by Crippen LogP contribution is -1.95. The van der Waals surface area contributed by atoms with Gasteiger partial charge in [0, 0.05) is 6.61 Å². The largest absolute Gasteiger partial charge is 0.380 e. The van der Waals surface area contributed by atoms with E-state index in [0.29, 0.717) is 13.0 Å². The first-order chi connectivity index (χ1) is 10.4. The van der Waals surface area contributed by atoms with Gasteiger partial charge in [-0.3, -0.25) is 0 Å². The number of allylic oxidation sites excluding steroid dienone is 2. The lowest BCUT2D eigenvalue weighted by molar-refractivity contribution is 0.135. The average molecular weight is 293 g/mol. The summed E-state index contributed by atoms with van der Waals surface area (Å²) in [5, 5.41) is 8.35. The van der Waals surface area contributed by atoms with Crippen molar-refractivity contribution in [3.8, 4) is 6.07 Å². The molecule has 0 aromatic rings. The predicted molar refractivity (Wildman–Crippen MR) is 91.3 cm³/mol. The minimum atomic E-state index is 0.515. The second-order valence-electron chi connectivity index (χ2n) is 5.75. The standard InChI is InChI=1S/C19H35NO/c1-2-3-4-5-6-7-8-9-10-11-12-13-14-15-18-21-19-16-17-20/h10-11H,2-9,12-16,18-19H2,1H3/b11-10+. The van der Waals surface area contributed by atoms with Crippen molar-refractivity contribution < 1.29 is 4.74 Å². The Morgan fingerprint density at radius 3 is 1.95 bits per heavy atom. The van der Waals surface area contributed by atoms with Gasteiger partial charge in [0.1, 0.15) is 0 Å². The molecule has 0 bridgehead atoms. The molecular weight excluding hydrogens is 258 g/mol. The molecule has 2 nitrogen and oxygen atoms in total. The Morgan fingerprint density at radius 1 is 0.762 bits per heavy atom. The third-order valence-electron chi connectivity index (χ3n) is 3.66. The predicted octanol–water partition coefficient (Wildman–Crippen LogP) is 6.17. The van der Waals surface area contributed by atoms with Crippen LogP contribution in [0.4, 0.5) is 0 Å². The van der Waals surface area contributed by atoms with Crippen LogP contribution < -0.4 is 0 Å². The Morgan fingerprint density at radius 2 is 1.33 bits per heavy atom. The van der Waals surface area contributed by atoms with Crippen LogP contribution in [-0.2, 0) is 4.74 Å². The molecule has 0 saturated heterocycles. The highest BCUT2D eigenvalue weighted by molar-refractivity contribution is 4.81. The van der Waals surface area contributed by atoms with E-state index in [1.807, 2.05) is 0 Å². The smallest absolute Gasteiger partial charge is 0.0645 e. The fourth-order valence-corrected chi connectivity index (χ4v) is 2.32. The summed E-state index contributed by atoms with van der Waals surface area (Å²) < 4.78 is 5.34. The van der Waals surface area contributed by atoms with E-state index in [-0.39, 0.29) is 0 Å². The van der Waals surface area contributed by atoms with E-state index in [0.717, 1.165) is 13.0 Å². The van der Waals surface area contributed by atoms with Gasteiger partial charge in [-0.2, -0.15) is 5.26 Å². The van der Waals surface area contributed by atoms with Crippen LogP contribution in [0.2, 0.25) is 0 Å². The average Bonchev–Trinajstić information content (AvgIpc) is 2.50. The molecule has 0 aromatic carbocycles. The van der Waals surface area contributed by atoms with Gasteiger partial charge in [0.2, 0.25) is 0 Å². The molecule has 21 heavy (non-hydrogen) atoms. The van der Waals surface area contributed by atoms with Gasteiger partial charge in [0.25, 0.3) is 0 Å². The molecule has 0 spiro atoms. The van der Waals surface area contributed by atoms with E-state index in [1.54, 1.807) is 0 Å². The maximum absolute atomic E-state index is 8.35. The molecule has 0 aliphatic heterocycles. The van der Waals surface area contributed by atoms with Crippen molar-refractivity contribution in [1.82, 2.24) is 0 Å². The molecule has 0 fully saturated rings. The van der Waals surface area contributed by atoms with E-state index in [2.05, 4.69) is 25.1 Å². The SMILES string of the molecule is CCCCCCCCC/C=C/CCCCCOCCC#N. The molecule has 0 radical (unpaired) electrons. The van der Waals surface area contributed by atoms with Crippen molar-refractivity contribution in [2.75, 3.05) is 13.2 Å². The molecule has 0 aliphatic carbocycles. The summed E-state index contributed by atoms with van der Waals surface area (Å²) in [4.78, 5) is 0. The van der Waals surface area contributed by atoms with Gasteiger partial charge in [-0.05, 0) is 32.1 Å². The molecule has 0 rings (SSSR count). The molecule has 0 aliphatic rings. The van der Waals surface area contributed by atoms with Crippen molar-refractivity contribution in [3.05, 3.63) is 12.2 Å². The first kappa shape index (κ1) is 20.2. The molecular formula is C19H35NO.